The molecule has 0 atom stereocenters. The summed E-state index contributed by atoms with van der Waals surface area (Å²) in [4.78, 5) is 21.6. The quantitative estimate of drug-likeness (QED) is 0.382. The molecule has 0 aliphatic carbocycles. The molecule has 7 nitrogen and oxygen atoms in total. The first-order chi connectivity index (χ1) is 15.3. The maximum atomic E-state index is 12.7. The van der Waals surface area contributed by atoms with E-state index in [2.05, 4.69) is 15.1 Å². The van der Waals surface area contributed by atoms with E-state index in [0.29, 0.717) is 28.0 Å². The van der Waals surface area contributed by atoms with Crippen LogP contribution in [0.25, 0.3) is 27.6 Å². The Morgan fingerprint density at radius 2 is 1.81 bits per heavy atom. The van der Waals surface area contributed by atoms with Crippen LogP contribution in [0.2, 0.25) is 0 Å². The second-order valence-electron chi connectivity index (χ2n) is 6.78. The minimum Gasteiger partial charge on any atom is -0.462 e. The van der Waals surface area contributed by atoms with Gasteiger partial charge in [0.05, 0.1) is 23.9 Å². The summed E-state index contributed by atoms with van der Waals surface area (Å²) in [5.41, 5.74) is 2.35. The van der Waals surface area contributed by atoms with Crippen LogP contribution in [-0.2, 0) is 4.74 Å². The maximum Gasteiger partial charge on any atom is 0.343 e. The summed E-state index contributed by atoms with van der Waals surface area (Å²) in [7, 11) is 0. The molecule has 0 N–H and O–H groups in total. The van der Waals surface area contributed by atoms with E-state index in [1.807, 2.05) is 60.7 Å². The molecule has 0 bridgehead atoms. The Labute approximate surface area is 177 Å². The SMILES string of the molecule is CCOC(=O)c1cnc2c(cnn2-c2ccccc2)c1Oc1cccc2cccnc12. The van der Waals surface area contributed by atoms with Gasteiger partial charge in [-0.1, -0.05) is 36.4 Å². The Morgan fingerprint density at radius 3 is 2.65 bits per heavy atom. The summed E-state index contributed by atoms with van der Waals surface area (Å²) < 4.78 is 13.2. The van der Waals surface area contributed by atoms with E-state index in [4.69, 9.17) is 9.47 Å². The van der Waals surface area contributed by atoms with Gasteiger partial charge >= 0.3 is 5.97 Å². The number of rotatable bonds is 5. The van der Waals surface area contributed by atoms with Crippen LogP contribution >= 0.6 is 0 Å². The van der Waals surface area contributed by atoms with Crippen molar-refractivity contribution in [1.82, 2.24) is 19.7 Å². The molecule has 0 fully saturated rings. The van der Waals surface area contributed by atoms with Gasteiger partial charge in [0.25, 0.3) is 0 Å². The minimum absolute atomic E-state index is 0.231. The maximum absolute atomic E-state index is 12.7. The van der Waals surface area contributed by atoms with Crippen molar-refractivity contribution in [3.63, 3.8) is 0 Å². The highest BCUT2D eigenvalue weighted by Crippen LogP contribution is 2.36. The van der Waals surface area contributed by atoms with Crippen molar-refractivity contribution in [2.75, 3.05) is 6.61 Å². The minimum atomic E-state index is -0.507. The number of ether oxygens (including phenoxy) is 2. The molecule has 5 rings (SSSR count). The molecule has 152 valence electrons. The van der Waals surface area contributed by atoms with Gasteiger partial charge in [-0.3, -0.25) is 4.98 Å². The number of hydrogen-bond donors (Lipinski definition) is 0. The van der Waals surface area contributed by atoms with Gasteiger partial charge in [0, 0.05) is 17.8 Å². The number of nitrogens with zero attached hydrogens (tertiary/aromatic N) is 4. The van der Waals surface area contributed by atoms with Crippen molar-refractivity contribution in [3.05, 3.63) is 84.8 Å². The number of aromatic nitrogens is 4. The van der Waals surface area contributed by atoms with Gasteiger partial charge in [-0.25, -0.2) is 14.5 Å². The van der Waals surface area contributed by atoms with E-state index < -0.39 is 5.97 Å². The molecule has 2 aromatic carbocycles. The fraction of sp³-hybridized carbons (Fsp3) is 0.0833. The zero-order chi connectivity index (χ0) is 21.2. The summed E-state index contributed by atoms with van der Waals surface area (Å²) in [5, 5.41) is 6.02. The highest BCUT2D eigenvalue weighted by Gasteiger charge is 2.22. The lowest BCUT2D eigenvalue weighted by Gasteiger charge is -2.13. The van der Waals surface area contributed by atoms with Crippen LogP contribution in [0.1, 0.15) is 17.3 Å². The Hall–Kier alpha value is -4.26. The lowest BCUT2D eigenvalue weighted by Crippen LogP contribution is -2.08. The number of pyridine rings is 2. The lowest BCUT2D eigenvalue weighted by atomic mass is 10.2. The van der Waals surface area contributed by atoms with E-state index >= 15 is 0 Å². The van der Waals surface area contributed by atoms with E-state index in [-0.39, 0.29) is 12.2 Å². The first kappa shape index (κ1) is 18.7. The molecule has 0 amide bonds. The van der Waals surface area contributed by atoms with E-state index in [1.54, 1.807) is 24.0 Å². The number of esters is 1. The number of hydrogen-bond acceptors (Lipinski definition) is 6. The molecule has 7 heteroatoms. The standard InChI is InChI=1S/C24H18N4O3/c1-2-30-24(29)19-14-26-23-18(15-27-28(23)17-10-4-3-5-11-17)22(19)31-20-12-6-8-16-9-7-13-25-21(16)20/h3-15H,2H2,1H3. The summed E-state index contributed by atoms with van der Waals surface area (Å²) in [6.07, 6.45) is 4.82. The number of carbonyl (C=O) groups is 1. The third-order valence-corrected chi connectivity index (χ3v) is 4.85. The molecule has 0 aliphatic heterocycles. The molecule has 0 unspecified atom stereocenters. The van der Waals surface area contributed by atoms with Gasteiger partial charge in [0.1, 0.15) is 11.1 Å². The summed E-state index contributed by atoms with van der Waals surface area (Å²) in [5.74, 6) is 0.361. The smallest absolute Gasteiger partial charge is 0.343 e. The first-order valence-electron chi connectivity index (χ1n) is 9.87. The van der Waals surface area contributed by atoms with Crippen LogP contribution in [-0.4, -0.2) is 32.3 Å². The molecular weight excluding hydrogens is 392 g/mol. The largest absolute Gasteiger partial charge is 0.462 e. The zero-order valence-electron chi connectivity index (χ0n) is 16.7. The fourth-order valence-electron chi connectivity index (χ4n) is 3.45. The van der Waals surface area contributed by atoms with Gasteiger partial charge in [-0.05, 0) is 31.2 Å². The topological polar surface area (TPSA) is 79.1 Å². The average molecular weight is 410 g/mol. The molecular formula is C24H18N4O3. The highest BCUT2D eigenvalue weighted by atomic mass is 16.5. The predicted octanol–water partition coefficient (Wildman–Crippen LogP) is 4.94. The predicted molar refractivity (Wildman–Crippen MR) is 117 cm³/mol. The van der Waals surface area contributed by atoms with Crippen LogP contribution in [0.4, 0.5) is 0 Å². The fourth-order valence-corrected chi connectivity index (χ4v) is 3.45. The molecule has 0 aliphatic rings. The number of para-hydroxylation sites is 2. The molecule has 0 saturated heterocycles. The number of fused-ring (bicyclic) bond motifs is 2. The van der Waals surface area contributed by atoms with Crippen LogP contribution in [0.5, 0.6) is 11.5 Å². The van der Waals surface area contributed by atoms with Crippen LogP contribution in [0.15, 0.2) is 79.3 Å². The highest BCUT2D eigenvalue weighted by molar-refractivity contribution is 5.99. The monoisotopic (exact) mass is 410 g/mol. The number of carbonyl (C=O) groups excluding carboxylic acids is 1. The van der Waals surface area contributed by atoms with Gasteiger partial charge in [0.2, 0.25) is 0 Å². The Kier molecular flexibility index (Phi) is 4.76. The molecule has 5 aromatic rings. The normalized spacial score (nSPS) is 11.0. The second-order valence-corrected chi connectivity index (χ2v) is 6.78. The molecule has 0 spiro atoms. The number of benzene rings is 2. The van der Waals surface area contributed by atoms with Crippen molar-refractivity contribution >= 4 is 27.9 Å². The molecule has 31 heavy (non-hydrogen) atoms. The molecule has 0 saturated carbocycles. The van der Waals surface area contributed by atoms with Crippen molar-refractivity contribution in [1.29, 1.82) is 0 Å². The molecule has 3 aromatic heterocycles. The van der Waals surface area contributed by atoms with E-state index in [9.17, 15) is 4.79 Å². The van der Waals surface area contributed by atoms with Crippen LogP contribution in [0.3, 0.4) is 0 Å². The average Bonchev–Trinajstić information content (AvgIpc) is 3.25. The first-order valence-corrected chi connectivity index (χ1v) is 9.87. The Bertz CT molecular complexity index is 1390. The lowest BCUT2D eigenvalue weighted by molar-refractivity contribution is 0.0523. The van der Waals surface area contributed by atoms with Gasteiger partial charge in [0.15, 0.2) is 17.1 Å². The van der Waals surface area contributed by atoms with Crippen LogP contribution < -0.4 is 4.74 Å². The summed E-state index contributed by atoms with van der Waals surface area (Å²) >= 11 is 0. The van der Waals surface area contributed by atoms with Gasteiger partial charge in [-0.15, -0.1) is 0 Å². The molecule has 3 heterocycles. The van der Waals surface area contributed by atoms with Crippen molar-refractivity contribution in [2.24, 2.45) is 0 Å². The van der Waals surface area contributed by atoms with Crippen molar-refractivity contribution < 1.29 is 14.3 Å². The zero-order valence-corrected chi connectivity index (χ0v) is 16.7. The summed E-state index contributed by atoms with van der Waals surface area (Å²) in [6, 6.07) is 19.1. The third kappa shape index (κ3) is 3.36. The van der Waals surface area contributed by atoms with Gasteiger partial charge < -0.3 is 9.47 Å². The van der Waals surface area contributed by atoms with E-state index in [1.165, 1.54) is 6.20 Å². The Morgan fingerprint density at radius 1 is 0.968 bits per heavy atom. The third-order valence-electron chi connectivity index (χ3n) is 4.85. The Balaban J connectivity index is 1.71. The summed E-state index contributed by atoms with van der Waals surface area (Å²) in [6.45, 7) is 2.00. The second kappa shape index (κ2) is 7.87. The van der Waals surface area contributed by atoms with Crippen molar-refractivity contribution in [2.45, 2.75) is 6.92 Å². The van der Waals surface area contributed by atoms with Crippen molar-refractivity contribution in [3.8, 4) is 17.2 Å². The van der Waals surface area contributed by atoms with Crippen LogP contribution in [0, 0.1) is 0 Å². The molecule has 0 radical (unpaired) electrons. The van der Waals surface area contributed by atoms with Gasteiger partial charge in [-0.2, -0.15) is 5.10 Å². The van der Waals surface area contributed by atoms with E-state index in [0.717, 1.165) is 11.1 Å².